The second-order valence-corrected chi connectivity index (χ2v) is 13.9. The Labute approximate surface area is 284 Å². The Bertz CT molecular complexity index is 1510. The van der Waals surface area contributed by atoms with Crippen molar-refractivity contribution in [3.63, 3.8) is 0 Å². The van der Waals surface area contributed by atoms with Gasteiger partial charge in [0, 0.05) is 36.5 Å². The third-order valence-corrected chi connectivity index (χ3v) is 10.1. The first kappa shape index (κ1) is 35.4. The van der Waals surface area contributed by atoms with Crippen LogP contribution in [-0.4, -0.2) is 59.2 Å². The number of benzene rings is 1. The number of alkyl carbamates (subject to hydrolysis) is 1. The maximum Gasteiger partial charge on any atom is 0.407 e. The summed E-state index contributed by atoms with van der Waals surface area (Å²) in [5, 5.41) is 7.03. The van der Waals surface area contributed by atoms with Crippen LogP contribution in [-0.2, 0) is 9.53 Å². The Hall–Kier alpha value is -3.95. The second kappa shape index (κ2) is 16.4. The van der Waals surface area contributed by atoms with Gasteiger partial charge in [0.25, 0.3) is 0 Å². The lowest BCUT2D eigenvalue weighted by molar-refractivity contribution is -0.124. The van der Waals surface area contributed by atoms with Gasteiger partial charge in [-0.25, -0.2) is 14.2 Å². The number of carbonyl (C=O) groups excluding carboxylic acids is 2. The van der Waals surface area contributed by atoms with E-state index in [2.05, 4.69) is 49.4 Å². The van der Waals surface area contributed by atoms with Crippen LogP contribution >= 0.6 is 0 Å². The molecule has 9 nitrogen and oxygen atoms in total. The van der Waals surface area contributed by atoms with E-state index < -0.39 is 12.3 Å². The molecule has 0 radical (unpaired) electrons. The second-order valence-electron chi connectivity index (χ2n) is 13.9. The average Bonchev–Trinajstić information content (AvgIpc) is 3.61. The van der Waals surface area contributed by atoms with E-state index in [-0.39, 0.29) is 30.5 Å². The first-order valence-corrected chi connectivity index (χ1v) is 17.7. The molecule has 2 amide bonds. The Balaban J connectivity index is 1.28. The first-order chi connectivity index (χ1) is 23.1. The van der Waals surface area contributed by atoms with Gasteiger partial charge in [0.05, 0.1) is 19.9 Å². The van der Waals surface area contributed by atoms with Crippen molar-refractivity contribution in [2.45, 2.75) is 110 Å². The number of rotatable bonds is 12. The summed E-state index contributed by atoms with van der Waals surface area (Å²) in [6.45, 7) is 8.59. The maximum absolute atomic E-state index is 14.3. The molecule has 2 aliphatic carbocycles. The van der Waals surface area contributed by atoms with E-state index in [0.717, 1.165) is 48.1 Å². The zero-order valence-electron chi connectivity index (χ0n) is 29.2. The molecule has 260 valence electrons. The molecule has 2 heterocycles. The number of amides is 2. The van der Waals surface area contributed by atoms with Crippen LogP contribution in [0.3, 0.4) is 0 Å². The summed E-state index contributed by atoms with van der Waals surface area (Å²) in [6, 6.07) is 10.7. The normalized spacial score (nSPS) is 21.8. The smallest absolute Gasteiger partial charge is 0.407 e. The number of carbonyl (C=O) groups is 2. The Morgan fingerprint density at radius 3 is 2.44 bits per heavy atom. The Morgan fingerprint density at radius 1 is 1.04 bits per heavy atom. The van der Waals surface area contributed by atoms with Crippen LogP contribution in [0.5, 0.6) is 5.75 Å². The van der Waals surface area contributed by atoms with Crippen LogP contribution in [0.2, 0.25) is 0 Å². The Kier molecular flexibility index (Phi) is 12.1. The van der Waals surface area contributed by atoms with Gasteiger partial charge in [-0.2, -0.15) is 5.10 Å². The maximum atomic E-state index is 14.3. The number of hydrogen-bond donors (Lipinski definition) is 1. The summed E-state index contributed by atoms with van der Waals surface area (Å²) >= 11 is 0. The number of ether oxygens (including phenoxy) is 2. The number of hydrogen-bond acceptors (Lipinski definition) is 6. The summed E-state index contributed by atoms with van der Waals surface area (Å²) in [5.74, 6) is 2.34. The minimum absolute atomic E-state index is 0.0515. The van der Waals surface area contributed by atoms with E-state index in [4.69, 9.17) is 14.5 Å². The minimum Gasteiger partial charge on any atom is -0.496 e. The van der Waals surface area contributed by atoms with E-state index in [1.807, 2.05) is 34.1 Å². The van der Waals surface area contributed by atoms with Gasteiger partial charge in [-0.15, -0.1) is 0 Å². The highest BCUT2D eigenvalue weighted by molar-refractivity contribution is 5.94. The molecule has 2 saturated carbocycles. The SMILES string of the molecule is CC[C@@H](F)CNC(=O)OC1CCC(C(=O)N(CC2CCC(c3ccc(OC)c(C)c3)CC2)c2cc(-c3cnn(C(C)C)c3)ccn2)CC1. The largest absolute Gasteiger partial charge is 0.496 e. The summed E-state index contributed by atoms with van der Waals surface area (Å²) in [6.07, 6.45) is 10.7. The monoisotopic (exact) mass is 661 g/mol. The summed E-state index contributed by atoms with van der Waals surface area (Å²) in [5.41, 5.74) is 4.48. The minimum atomic E-state index is -1.09. The predicted molar refractivity (Wildman–Crippen MR) is 186 cm³/mol. The molecule has 0 saturated heterocycles. The molecule has 0 bridgehead atoms. The highest BCUT2D eigenvalue weighted by atomic mass is 19.1. The van der Waals surface area contributed by atoms with Crippen molar-refractivity contribution >= 4 is 17.8 Å². The van der Waals surface area contributed by atoms with Gasteiger partial charge < -0.3 is 14.8 Å². The zero-order chi connectivity index (χ0) is 34.2. The van der Waals surface area contributed by atoms with Crippen LogP contribution in [0.1, 0.15) is 102 Å². The molecule has 1 N–H and O–H groups in total. The van der Waals surface area contributed by atoms with Crippen LogP contribution in [0.15, 0.2) is 48.9 Å². The Morgan fingerprint density at radius 2 is 1.79 bits per heavy atom. The fourth-order valence-electron chi connectivity index (χ4n) is 7.08. The number of nitrogens with one attached hydrogen (secondary N) is 1. The number of methoxy groups -OCH3 is 1. The molecule has 5 rings (SSSR count). The highest BCUT2D eigenvalue weighted by Gasteiger charge is 2.34. The van der Waals surface area contributed by atoms with Crippen molar-refractivity contribution < 1.29 is 23.5 Å². The summed E-state index contributed by atoms with van der Waals surface area (Å²) in [7, 11) is 1.71. The molecule has 2 aromatic heterocycles. The van der Waals surface area contributed by atoms with Gasteiger partial charge in [-0.3, -0.25) is 14.4 Å². The third-order valence-electron chi connectivity index (χ3n) is 10.1. The van der Waals surface area contributed by atoms with Crippen LogP contribution < -0.4 is 15.0 Å². The number of nitrogens with zero attached hydrogens (tertiary/aromatic N) is 4. The summed E-state index contributed by atoms with van der Waals surface area (Å²) in [4.78, 5) is 33.2. The van der Waals surface area contributed by atoms with E-state index in [1.54, 1.807) is 20.2 Å². The van der Waals surface area contributed by atoms with Gasteiger partial charge in [-0.1, -0.05) is 19.1 Å². The van der Waals surface area contributed by atoms with Gasteiger partial charge in [0.2, 0.25) is 5.91 Å². The van der Waals surface area contributed by atoms with E-state index >= 15 is 0 Å². The van der Waals surface area contributed by atoms with Gasteiger partial charge in [0.15, 0.2) is 0 Å². The van der Waals surface area contributed by atoms with E-state index in [1.165, 1.54) is 5.56 Å². The molecular formula is C38H52FN5O4. The molecule has 1 aromatic carbocycles. The van der Waals surface area contributed by atoms with Gasteiger partial charge in [-0.05, 0) is 125 Å². The van der Waals surface area contributed by atoms with Crippen molar-refractivity contribution in [3.05, 3.63) is 60.0 Å². The molecule has 3 aromatic rings. The van der Waals surface area contributed by atoms with Gasteiger partial charge in [0.1, 0.15) is 23.8 Å². The number of aryl methyl sites for hydroxylation is 1. The predicted octanol–water partition coefficient (Wildman–Crippen LogP) is 8.18. The fourth-order valence-corrected chi connectivity index (χ4v) is 7.08. The number of aromatic nitrogens is 3. The third kappa shape index (κ3) is 8.94. The van der Waals surface area contributed by atoms with Crippen LogP contribution in [0.25, 0.3) is 11.1 Å². The van der Waals surface area contributed by atoms with Crippen LogP contribution in [0, 0.1) is 18.8 Å². The molecule has 2 fully saturated rings. The van der Waals surface area contributed by atoms with E-state index in [9.17, 15) is 14.0 Å². The molecule has 0 unspecified atom stereocenters. The number of alkyl halides is 1. The molecule has 48 heavy (non-hydrogen) atoms. The van der Waals surface area contributed by atoms with E-state index in [0.29, 0.717) is 56.3 Å². The number of pyridine rings is 1. The summed E-state index contributed by atoms with van der Waals surface area (Å²) < 4.78 is 26.5. The van der Waals surface area contributed by atoms with Crippen LogP contribution in [0.4, 0.5) is 15.0 Å². The number of halogens is 1. The standard InChI is InChI=1S/C38H52FN5O4/c1-6-33(39)22-41-38(46)48-34-14-11-29(12-15-34)37(45)43(36-20-31(17-18-40-36)32-21-42-44(24-32)25(2)3)23-27-7-9-28(10-8-27)30-13-16-35(47-5)26(4)19-30/h13,16-21,24-25,27-29,33-34H,6-12,14-15,22-23H2,1-5H3,(H,41,46)/t27?,28?,29?,33-,34?/m1/s1. The van der Waals surface area contributed by atoms with Crippen molar-refractivity contribution in [1.29, 1.82) is 0 Å². The quantitative estimate of drug-likeness (QED) is 0.210. The fraction of sp³-hybridized carbons (Fsp3) is 0.579. The molecule has 0 aliphatic heterocycles. The topological polar surface area (TPSA) is 98.6 Å². The van der Waals surface area contributed by atoms with Crippen molar-refractivity contribution in [1.82, 2.24) is 20.1 Å². The zero-order valence-corrected chi connectivity index (χ0v) is 29.2. The lowest BCUT2D eigenvalue weighted by Crippen LogP contribution is -2.43. The molecule has 0 spiro atoms. The van der Waals surface area contributed by atoms with Crippen molar-refractivity contribution in [2.75, 3.05) is 25.1 Å². The molecule has 1 atom stereocenters. The molecule has 2 aliphatic rings. The van der Waals surface area contributed by atoms with Crippen molar-refractivity contribution in [2.24, 2.45) is 11.8 Å². The lowest BCUT2D eigenvalue weighted by Gasteiger charge is -2.35. The van der Waals surface area contributed by atoms with Crippen molar-refractivity contribution in [3.8, 4) is 16.9 Å². The molecular weight excluding hydrogens is 609 g/mol. The average molecular weight is 662 g/mol. The molecule has 10 heteroatoms. The first-order valence-electron chi connectivity index (χ1n) is 17.7. The van der Waals surface area contributed by atoms with Gasteiger partial charge >= 0.3 is 6.09 Å². The number of anilines is 1. The highest BCUT2D eigenvalue weighted by Crippen LogP contribution is 2.39. The lowest BCUT2D eigenvalue weighted by atomic mass is 9.78.